The number of aryl methyl sites for hydroxylation is 1. The van der Waals surface area contributed by atoms with Crippen molar-refractivity contribution in [1.82, 2.24) is 0 Å². The van der Waals surface area contributed by atoms with Crippen molar-refractivity contribution in [3.8, 4) is 5.75 Å². The van der Waals surface area contributed by atoms with Crippen LogP contribution < -0.4 is 4.43 Å². The van der Waals surface area contributed by atoms with Crippen molar-refractivity contribution < 1.29 is 13.3 Å². The SMILES string of the molecule is CO[Si](OC)Oc1ccccc1C. The summed E-state index contributed by atoms with van der Waals surface area (Å²) in [5, 5.41) is 0. The lowest BCUT2D eigenvalue weighted by Gasteiger charge is -2.12. The molecule has 0 saturated heterocycles. The summed E-state index contributed by atoms with van der Waals surface area (Å²) in [6.07, 6.45) is 0. The molecule has 0 aliphatic rings. The van der Waals surface area contributed by atoms with E-state index in [-0.39, 0.29) is 0 Å². The van der Waals surface area contributed by atoms with Gasteiger partial charge in [-0.1, -0.05) is 18.2 Å². The zero-order chi connectivity index (χ0) is 9.68. The van der Waals surface area contributed by atoms with E-state index in [4.69, 9.17) is 13.3 Å². The standard InChI is InChI=1S/C9H13O3Si/c1-8-6-4-5-7-9(8)12-13(10-2)11-3/h4-7H,1-3H3. The minimum absolute atomic E-state index is 0.820. The highest BCUT2D eigenvalue weighted by atomic mass is 28.3. The van der Waals surface area contributed by atoms with Gasteiger partial charge < -0.3 is 13.3 Å². The summed E-state index contributed by atoms with van der Waals surface area (Å²) in [5.41, 5.74) is 1.08. The fourth-order valence-corrected chi connectivity index (χ4v) is 1.67. The fraction of sp³-hybridized carbons (Fsp3) is 0.333. The zero-order valence-corrected chi connectivity index (χ0v) is 9.03. The Balaban J connectivity index is 2.67. The number of benzene rings is 1. The molecule has 0 N–H and O–H groups in total. The second kappa shape index (κ2) is 5.01. The highest BCUT2D eigenvalue weighted by molar-refractivity contribution is 6.37. The molecule has 1 aromatic carbocycles. The summed E-state index contributed by atoms with van der Waals surface area (Å²) < 4.78 is 15.5. The van der Waals surface area contributed by atoms with Crippen LogP contribution in [-0.2, 0) is 8.85 Å². The second-order valence-electron chi connectivity index (χ2n) is 2.53. The molecule has 0 amide bonds. The van der Waals surface area contributed by atoms with Gasteiger partial charge in [0.05, 0.1) is 0 Å². The Labute approximate surface area is 80.2 Å². The van der Waals surface area contributed by atoms with E-state index < -0.39 is 9.53 Å². The maximum Gasteiger partial charge on any atom is 0.655 e. The number of hydrogen-bond acceptors (Lipinski definition) is 3. The predicted octanol–water partition coefficient (Wildman–Crippen LogP) is 1.65. The summed E-state index contributed by atoms with van der Waals surface area (Å²) in [4.78, 5) is 0. The van der Waals surface area contributed by atoms with Crippen LogP contribution in [-0.4, -0.2) is 23.7 Å². The molecule has 0 fully saturated rings. The van der Waals surface area contributed by atoms with Gasteiger partial charge in [-0.3, -0.25) is 0 Å². The molecule has 1 aromatic rings. The van der Waals surface area contributed by atoms with Gasteiger partial charge >= 0.3 is 9.53 Å². The number of rotatable bonds is 4. The van der Waals surface area contributed by atoms with Gasteiger partial charge in [0.1, 0.15) is 5.75 Å². The molecule has 0 saturated carbocycles. The first-order chi connectivity index (χ1) is 6.27. The van der Waals surface area contributed by atoms with Gasteiger partial charge in [0.15, 0.2) is 0 Å². The number of hydrogen-bond donors (Lipinski definition) is 0. The maximum atomic E-state index is 5.50. The van der Waals surface area contributed by atoms with Crippen LogP contribution in [0.15, 0.2) is 24.3 Å². The van der Waals surface area contributed by atoms with E-state index in [2.05, 4.69) is 0 Å². The van der Waals surface area contributed by atoms with E-state index in [1.807, 2.05) is 31.2 Å². The van der Waals surface area contributed by atoms with Crippen molar-refractivity contribution in [1.29, 1.82) is 0 Å². The Bertz CT molecular complexity index is 261. The third-order valence-corrected chi connectivity index (χ3v) is 2.67. The largest absolute Gasteiger partial charge is 0.655 e. The zero-order valence-electron chi connectivity index (χ0n) is 8.03. The van der Waals surface area contributed by atoms with Gasteiger partial charge in [0, 0.05) is 14.2 Å². The van der Waals surface area contributed by atoms with Crippen LogP contribution in [0.3, 0.4) is 0 Å². The monoisotopic (exact) mass is 197 g/mol. The Morgan fingerprint density at radius 2 is 1.69 bits per heavy atom. The molecular weight excluding hydrogens is 184 g/mol. The topological polar surface area (TPSA) is 27.7 Å². The lowest BCUT2D eigenvalue weighted by molar-refractivity contribution is 0.201. The van der Waals surface area contributed by atoms with Crippen LogP contribution in [0.2, 0.25) is 0 Å². The minimum Gasteiger partial charge on any atom is -0.498 e. The van der Waals surface area contributed by atoms with Crippen molar-refractivity contribution in [2.75, 3.05) is 14.2 Å². The van der Waals surface area contributed by atoms with Crippen LogP contribution in [0.5, 0.6) is 5.75 Å². The van der Waals surface area contributed by atoms with Gasteiger partial charge in [-0.25, -0.2) is 0 Å². The van der Waals surface area contributed by atoms with Gasteiger partial charge in [-0.2, -0.15) is 0 Å². The summed E-state index contributed by atoms with van der Waals surface area (Å²) >= 11 is 0. The molecular formula is C9H13O3Si. The molecule has 1 radical (unpaired) electrons. The van der Waals surface area contributed by atoms with Gasteiger partial charge in [-0.05, 0) is 18.6 Å². The van der Waals surface area contributed by atoms with E-state index in [1.54, 1.807) is 14.2 Å². The average Bonchev–Trinajstić information content (AvgIpc) is 2.17. The highest BCUT2D eigenvalue weighted by Gasteiger charge is 2.18. The van der Waals surface area contributed by atoms with Gasteiger partial charge in [-0.15, -0.1) is 0 Å². The Morgan fingerprint density at radius 3 is 2.23 bits per heavy atom. The van der Waals surface area contributed by atoms with Crippen molar-refractivity contribution >= 4 is 9.53 Å². The van der Waals surface area contributed by atoms with E-state index >= 15 is 0 Å². The number of para-hydroxylation sites is 1. The van der Waals surface area contributed by atoms with Crippen LogP contribution in [0.1, 0.15) is 5.56 Å². The molecule has 0 heterocycles. The van der Waals surface area contributed by atoms with E-state index in [0.29, 0.717) is 0 Å². The van der Waals surface area contributed by atoms with Gasteiger partial charge in [0.2, 0.25) is 0 Å². The first-order valence-electron chi connectivity index (χ1n) is 3.96. The molecule has 0 aliphatic heterocycles. The van der Waals surface area contributed by atoms with E-state index in [1.165, 1.54) is 0 Å². The molecule has 0 spiro atoms. The molecule has 0 bridgehead atoms. The van der Waals surface area contributed by atoms with Gasteiger partial charge in [0.25, 0.3) is 0 Å². The minimum atomic E-state index is -1.60. The first kappa shape index (κ1) is 10.2. The van der Waals surface area contributed by atoms with Crippen molar-refractivity contribution in [3.63, 3.8) is 0 Å². The molecule has 0 unspecified atom stereocenters. The quantitative estimate of drug-likeness (QED) is 0.687. The fourth-order valence-electron chi connectivity index (χ4n) is 0.927. The van der Waals surface area contributed by atoms with Crippen LogP contribution >= 0.6 is 0 Å². The Morgan fingerprint density at radius 1 is 1.08 bits per heavy atom. The molecule has 0 atom stereocenters. The average molecular weight is 197 g/mol. The lowest BCUT2D eigenvalue weighted by Crippen LogP contribution is -2.27. The maximum absolute atomic E-state index is 5.50. The summed E-state index contributed by atoms with van der Waals surface area (Å²) in [6.45, 7) is 1.99. The van der Waals surface area contributed by atoms with Crippen molar-refractivity contribution in [2.45, 2.75) is 6.92 Å². The Kier molecular flexibility index (Phi) is 3.95. The van der Waals surface area contributed by atoms with E-state index in [9.17, 15) is 0 Å². The lowest BCUT2D eigenvalue weighted by atomic mass is 10.2. The highest BCUT2D eigenvalue weighted by Crippen LogP contribution is 2.16. The summed E-state index contributed by atoms with van der Waals surface area (Å²) in [5.74, 6) is 0.820. The van der Waals surface area contributed by atoms with E-state index in [0.717, 1.165) is 11.3 Å². The molecule has 3 nitrogen and oxygen atoms in total. The molecule has 0 aliphatic carbocycles. The third kappa shape index (κ3) is 2.84. The summed E-state index contributed by atoms with van der Waals surface area (Å²) in [7, 11) is 1.56. The van der Waals surface area contributed by atoms with Crippen LogP contribution in [0, 0.1) is 6.92 Å². The molecule has 71 valence electrons. The smallest absolute Gasteiger partial charge is 0.498 e. The molecule has 13 heavy (non-hydrogen) atoms. The molecule has 1 rings (SSSR count). The van der Waals surface area contributed by atoms with Crippen LogP contribution in [0.4, 0.5) is 0 Å². The van der Waals surface area contributed by atoms with Crippen molar-refractivity contribution in [3.05, 3.63) is 29.8 Å². The second-order valence-corrected chi connectivity index (χ2v) is 4.05. The summed E-state index contributed by atoms with van der Waals surface area (Å²) in [6, 6.07) is 7.78. The Hall–Kier alpha value is -0.843. The van der Waals surface area contributed by atoms with Crippen molar-refractivity contribution in [2.24, 2.45) is 0 Å². The molecule has 0 aromatic heterocycles. The first-order valence-corrected chi connectivity index (χ1v) is 5.19. The third-order valence-electron chi connectivity index (χ3n) is 1.62. The normalized spacial score (nSPS) is 10.5. The van der Waals surface area contributed by atoms with Crippen LogP contribution in [0.25, 0.3) is 0 Å². The predicted molar refractivity (Wildman–Crippen MR) is 51.6 cm³/mol. The molecule has 4 heteroatoms.